The highest BCUT2D eigenvalue weighted by atomic mass is 16.6. The molecule has 7 heteroatoms. The number of amides is 1. The van der Waals surface area contributed by atoms with Crippen molar-refractivity contribution in [1.29, 1.82) is 0 Å². The fourth-order valence-corrected chi connectivity index (χ4v) is 4.54. The van der Waals surface area contributed by atoms with Crippen molar-refractivity contribution in [3.63, 3.8) is 0 Å². The number of primary amides is 1. The fourth-order valence-electron chi connectivity index (χ4n) is 4.54. The number of nitrogens with two attached hydrogens (primary N) is 2. The second-order valence-corrected chi connectivity index (χ2v) is 8.26. The Balaban J connectivity index is 2.31. The Morgan fingerprint density at radius 1 is 1.16 bits per heavy atom. The van der Waals surface area contributed by atoms with E-state index in [9.17, 15) is 14.4 Å². The maximum Gasteiger partial charge on any atom is 0.331 e. The molecule has 5 atom stereocenters. The summed E-state index contributed by atoms with van der Waals surface area (Å²) in [5.74, 6) is -3.57. The van der Waals surface area contributed by atoms with Crippen LogP contribution in [0.3, 0.4) is 0 Å². The Kier molecular flexibility index (Phi) is 9.65. The van der Waals surface area contributed by atoms with Crippen LogP contribution in [0.5, 0.6) is 0 Å². The van der Waals surface area contributed by atoms with Gasteiger partial charge in [-0.05, 0) is 36.3 Å². The van der Waals surface area contributed by atoms with Gasteiger partial charge < -0.3 is 20.9 Å². The molecule has 1 aromatic carbocycles. The molecule has 0 saturated heterocycles. The predicted molar refractivity (Wildman–Crippen MR) is 122 cm³/mol. The van der Waals surface area contributed by atoms with Crippen molar-refractivity contribution >= 4 is 17.7 Å². The lowest BCUT2D eigenvalue weighted by molar-refractivity contribution is -0.149. The average molecular weight is 443 g/mol. The second kappa shape index (κ2) is 12.2. The van der Waals surface area contributed by atoms with Crippen LogP contribution < -0.4 is 11.5 Å². The minimum atomic E-state index is -0.988. The molecule has 1 aromatic rings. The molecular weight excluding hydrogens is 408 g/mol. The lowest BCUT2D eigenvalue weighted by atomic mass is 9.67. The van der Waals surface area contributed by atoms with E-state index in [-0.39, 0.29) is 18.4 Å². The van der Waals surface area contributed by atoms with E-state index in [1.807, 2.05) is 25.1 Å². The smallest absolute Gasteiger partial charge is 0.331 e. The standard InChI is InChI=1S/C25H34N2O5/c1-4-18(16(2)13-14-17-9-6-5-7-10-17)22(24(29)25(27)30)23-19(26)11-8-12-20(23)32-15-21(28)31-3/h5-12,16,18,20,22-23H,4,13-15,26H2,1-3H3,(H2,27,30). The van der Waals surface area contributed by atoms with E-state index in [1.54, 1.807) is 18.2 Å². The zero-order chi connectivity index (χ0) is 23.7. The molecule has 0 bridgehead atoms. The number of hydrogen-bond donors (Lipinski definition) is 2. The van der Waals surface area contributed by atoms with Gasteiger partial charge >= 0.3 is 5.97 Å². The molecule has 32 heavy (non-hydrogen) atoms. The van der Waals surface area contributed by atoms with Crippen LogP contribution in [-0.4, -0.2) is 37.5 Å². The van der Waals surface area contributed by atoms with Crippen LogP contribution in [0.4, 0.5) is 0 Å². The van der Waals surface area contributed by atoms with Crippen molar-refractivity contribution in [3.8, 4) is 0 Å². The summed E-state index contributed by atoms with van der Waals surface area (Å²) in [5, 5.41) is 0. The number of benzene rings is 1. The van der Waals surface area contributed by atoms with Gasteiger partial charge in [0.05, 0.1) is 13.2 Å². The number of esters is 1. The van der Waals surface area contributed by atoms with Crippen LogP contribution in [0.25, 0.3) is 0 Å². The second-order valence-electron chi connectivity index (χ2n) is 8.26. The van der Waals surface area contributed by atoms with Gasteiger partial charge in [0.2, 0.25) is 5.78 Å². The maximum atomic E-state index is 13.1. The van der Waals surface area contributed by atoms with Gasteiger partial charge in [0.1, 0.15) is 6.61 Å². The zero-order valence-corrected chi connectivity index (χ0v) is 19.0. The molecule has 2 rings (SSSR count). The summed E-state index contributed by atoms with van der Waals surface area (Å²) in [6.07, 6.45) is 6.87. The zero-order valence-electron chi connectivity index (χ0n) is 19.0. The Morgan fingerprint density at radius 3 is 2.44 bits per heavy atom. The van der Waals surface area contributed by atoms with Crippen LogP contribution >= 0.6 is 0 Å². The molecule has 0 aromatic heterocycles. The molecule has 4 N–H and O–H groups in total. The minimum absolute atomic E-state index is 0.119. The van der Waals surface area contributed by atoms with E-state index >= 15 is 0 Å². The van der Waals surface area contributed by atoms with E-state index in [1.165, 1.54) is 12.7 Å². The number of carbonyl (C=O) groups excluding carboxylic acids is 3. The van der Waals surface area contributed by atoms with Gasteiger partial charge in [-0.1, -0.05) is 62.8 Å². The minimum Gasteiger partial charge on any atom is -0.467 e. The third-order valence-corrected chi connectivity index (χ3v) is 6.28. The SMILES string of the molecule is CCC(C(C)CCc1ccccc1)C(C(=O)C(N)=O)C1C(N)=CC=CC1OCC(=O)OC. The van der Waals surface area contributed by atoms with Gasteiger partial charge in [0, 0.05) is 17.5 Å². The number of hydrogen-bond acceptors (Lipinski definition) is 6. The van der Waals surface area contributed by atoms with Gasteiger partial charge in [0.15, 0.2) is 0 Å². The lowest BCUT2D eigenvalue weighted by Gasteiger charge is -2.39. The highest BCUT2D eigenvalue weighted by Crippen LogP contribution is 2.39. The molecule has 0 aliphatic heterocycles. The largest absolute Gasteiger partial charge is 0.467 e. The van der Waals surface area contributed by atoms with Crippen molar-refractivity contribution in [2.24, 2.45) is 35.1 Å². The lowest BCUT2D eigenvalue weighted by Crippen LogP contribution is -2.47. The predicted octanol–water partition coefficient (Wildman–Crippen LogP) is 2.54. The Labute approximate surface area is 189 Å². The molecule has 0 radical (unpaired) electrons. The van der Waals surface area contributed by atoms with Gasteiger partial charge in [0.25, 0.3) is 5.91 Å². The summed E-state index contributed by atoms with van der Waals surface area (Å²) in [6.45, 7) is 3.79. The van der Waals surface area contributed by atoms with E-state index in [0.29, 0.717) is 12.1 Å². The number of aryl methyl sites for hydroxylation is 1. The first-order valence-corrected chi connectivity index (χ1v) is 11.0. The molecule has 1 aliphatic carbocycles. The molecule has 0 spiro atoms. The van der Waals surface area contributed by atoms with Crippen LogP contribution in [0.1, 0.15) is 32.3 Å². The van der Waals surface area contributed by atoms with Crippen molar-refractivity contribution in [2.45, 2.75) is 39.2 Å². The van der Waals surface area contributed by atoms with E-state index in [0.717, 1.165) is 12.8 Å². The molecule has 0 saturated carbocycles. The van der Waals surface area contributed by atoms with Crippen LogP contribution in [0, 0.1) is 23.7 Å². The summed E-state index contributed by atoms with van der Waals surface area (Å²) in [7, 11) is 1.27. The molecule has 1 amide bonds. The number of Topliss-reactive ketones (excluding diaryl/α,β-unsaturated/α-hetero) is 1. The Hall–Kier alpha value is -2.93. The molecule has 5 unspecified atom stereocenters. The maximum absolute atomic E-state index is 13.1. The topological polar surface area (TPSA) is 122 Å². The van der Waals surface area contributed by atoms with Gasteiger partial charge in [-0.2, -0.15) is 0 Å². The Bertz CT molecular complexity index is 849. The van der Waals surface area contributed by atoms with Crippen LogP contribution in [0.2, 0.25) is 0 Å². The summed E-state index contributed by atoms with van der Waals surface area (Å²) >= 11 is 0. The van der Waals surface area contributed by atoms with E-state index in [4.69, 9.17) is 16.2 Å². The van der Waals surface area contributed by atoms with Crippen molar-refractivity contribution in [3.05, 3.63) is 59.8 Å². The molecule has 0 fully saturated rings. The monoisotopic (exact) mass is 442 g/mol. The number of ketones is 1. The summed E-state index contributed by atoms with van der Waals surface area (Å²) in [6, 6.07) is 10.1. The molecule has 1 aliphatic rings. The third kappa shape index (κ3) is 6.53. The first-order chi connectivity index (χ1) is 15.3. The summed E-state index contributed by atoms with van der Waals surface area (Å²) in [5.41, 5.74) is 13.4. The normalized spacial score (nSPS) is 20.7. The third-order valence-electron chi connectivity index (χ3n) is 6.28. The van der Waals surface area contributed by atoms with Gasteiger partial charge in [-0.25, -0.2) is 4.79 Å². The molecular formula is C25H34N2O5. The van der Waals surface area contributed by atoms with Gasteiger partial charge in [-0.15, -0.1) is 0 Å². The van der Waals surface area contributed by atoms with E-state index in [2.05, 4.69) is 23.8 Å². The first kappa shape index (κ1) is 25.3. The summed E-state index contributed by atoms with van der Waals surface area (Å²) < 4.78 is 10.4. The average Bonchev–Trinajstić information content (AvgIpc) is 2.80. The van der Waals surface area contributed by atoms with Crippen LogP contribution in [0.15, 0.2) is 54.3 Å². The number of ether oxygens (including phenoxy) is 2. The first-order valence-electron chi connectivity index (χ1n) is 11.0. The molecule has 7 nitrogen and oxygen atoms in total. The quantitative estimate of drug-likeness (QED) is 0.379. The van der Waals surface area contributed by atoms with E-state index < -0.39 is 35.6 Å². The Morgan fingerprint density at radius 2 is 1.84 bits per heavy atom. The number of rotatable bonds is 12. The van der Waals surface area contributed by atoms with Crippen molar-refractivity contribution in [2.75, 3.05) is 13.7 Å². The fraction of sp³-hybridized carbons (Fsp3) is 0.480. The number of allylic oxidation sites excluding steroid dienone is 2. The molecule has 0 heterocycles. The van der Waals surface area contributed by atoms with Crippen molar-refractivity contribution in [1.82, 2.24) is 0 Å². The highest BCUT2D eigenvalue weighted by Gasteiger charge is 2.44. The van der Waals surface area contributed by atoms with Crippen LogP contribution in [-0.2, 0) is 30.3 Å². The highest BCUT2D eigenvalue weighted by molar-refractivity contribution is 6.36. The summed E-state index contributed by atoms with van der Waals surface area (Å²) in [4.78, 5) is 36.7. The number of methoxy groups -OCH3 is 1. The number of carbonyl (C=O) groups is 3. The molecule has 174 valence electrons. The van der Waals surface area contributed by atoms with Gasteiger partial charge in [-0.3, -0.25) is 9.59 Å². The van der Waals surface area contributed by atoms with Crippen molar-refractivity contribution < 1.29 is 23.9 Å².